The highest BCUT2D eigenvalue weighted by atomic mass is 16.5. The van der Waals surface area contributed by atoms with E-state index in [1.165, 1.54) is 11.3 Å². The number of morpholine rings is 1. The largest absolute Gasteiger partial charge is 0.379 e. The molecule has 1 N–H and O–H groups in total. The number of nitrogens with one attached hydrogen (secondary N) is 1. The molecule has 2 aliphatic rings. The van der Waals surface area contributed by atoms with Crippen LogP contribution in [0.15, 0.2) is 30.3 Å². The molecule has 0 saturated carbocycles. The van der Waals surface area contributed by atoms with Gasteiger partial charge < -0.3 is 15.0 Å². The summed E-state index contributed by atoms with van der Waals surface area (Å²) in [6, 6.07) is 10.6. The minimum atomic E-state index is 0.802. The minimum absolute atomic E-state index is 0.802. The van der Waals surface area contributed by atoms with Crippen LogP contribution in [0.5, 0.6) is 0 Å². The van der Waals surface area contributed by atoms with Crippen LogP contribution in [0.2, 0.25) is 0 Å². The number of para-hydroxylation sites is 1. The Balaban J connectivity index is 1.44. The maximum atomic E-state index is 5.39. The van der Waals surface area contributed by atoms with E-state index in [-0.39, 0.29) is 0 Å². The number of rotatable bonds is 5. The molecule has 1 fully saturated rings. The Morgan fingerprint density at radius 3 is 2.84 bits per heavy atom. The highest BCUT2D eigenvalue weighted by Crippen LogP contribution is 2.33. The van der Waals surface area contributed by atoms with E-state index < -0.39 is 0 Å². The first kappa shape index (κ1) is 16.3. The molecule has 0 atom stereocenters. The molecule has 1 saturated heterocycles. The number of hydrogen-bond acceptors (Lipinski definition) is 6. The van der Waals surface area contributed by atoms with Crippen molar-refractivity contribution in [3.05, 3.63) is 41.7 Å². The SMILES string of the molecule is Cc1nc(NCCN2CCOCC2)cc(N2CCc3ccccc32)n1. The van der Waals surface area contributed by atoms with Crippen LogP contribution in [-0.4, -0.2) is 60.8 Å². The van der Waals surface area contributed by atoms with Gasteiger partial charge >= 0.3 is 0 Å². The van der Waals surface area contributed by atoms with Gasteiger partial charge in [-0.15, -0.1) is 0 Å². The number of aromatic nitrogens is 2. The molecule has 2 aromatic rings. The Morgan fingerprint density at radius 1 is 1.12 bits per heavy atom. The van der Waals surface area contributed by atoms with E-state index >= 15 is 0 Å². The summed E-state index contributed by atoms with van der Waals surface area (Å²) >= 11 is 0. The summed E-state index contributed by atoms with van der Waals surface area (Å²) in [5, 5.41) is 3.46. The van der Waals surface area contributed by atoms with Crippen molar-refractivity contribution in [1.29, 1.82) is 0 Å². The van der Waals surface area contributed by atoms with Gasteiger partial charge in [0, 0.05) is 44.5 Å². The lowest BCUT2D eigenvalue weighted by Gasteiger charge is -2.26. The van der Waals surface area contributed by atoms with Gasteiger partial charge in [-0.2, -0.15) is 0 Å². The van der Waals surface area contributed by atoms with Gasteiger partial charge in [-0.05, 0) is 25.0 Å². The molecule has 2 aliphatic heterocycles. The molecule has 0 amide bonds. The van der Waals surface area contributed by atoms with Gasteiger partial charge in [0.05, 0.1) is 13.2 Å². The molecule has 6 nitrogen and oxygen atoms in total. The van der Waals surface area contributed by atoms with Gasteiger partial charge in [-0.3, -0.25) is 4.90 Å². The third-order valence-electron chi connectivity index (χ3n) is 4.83. The fraction of sp³-hybridized carbons (Fsp3) is 0.474. The molecule has 25 heavy (non-hydrogen) atoms. The van der Waals surface area contributed by atoms with Gasteiger partial charge in [0.15, 0.2) is 0 Å². The molecule has 1 aromatic heterocycles. The Morgan fingerprint density at radius 2 is 1.96 bits per heavy atom. The summed E-state index contributed by atoms with van der Waals surface area (Å²) in [7, 11) is 0. The van der Waals surface area contributed by atoms with Crippen molar-refractivity contribution in [2.45, 2.75) is 13.3 Å². The van der Waals surface area contributed by atoms with E-state index in [9.17, 15) is 0 Å². The number of aryl methyl sites for hydroxylation is 1. The molecule has 0 radical (unpaired) electrons. The molecular weight excluding hydrogens is 314 g/mol. The van der Waals surface area contributed by atoms with Crippen molar-refractivity contribution in [1.82, 2.24) is 14.9 Å². The van der Waals surface area contributed by atoms with Crippen molar-refractivity contribution in [2.24, 2.45) is 0 Å². The number of benzene rings is 1. The Hall–Kier alpha value is -2.18. The Bertz CT molecular complexity index is 730. The van der Waals surface area contributed by atoms with Gasteiger partial charge in [0.2, 0.25) is 0 Å². The molecule has 0 bridgehead atoms. The summed E-state index contributed by atoms with van der Waals surface area (Å²) in [5.74, 6) is 2.68. The summed E-state index contributed by atoms with van der Waals surface area (Å²) in [6.45, 7) is 8.53. The number of nitrogens with zero attached hydrogens (tertiary/aromatic N) is 4. The number of hydrogen-bond donors (Lipinski definition) is 1. The molecule has 3 heterocycles. The lowest BCUT2D eigenvalue weighted by atomic mass is 10.2. The van der Waals surface area contributed by atoms with Gasteiger partial charge in [0.25, 0.3) is 0 Å². The molecule has 6 heteroatoms. The van der Waals surface area contributed by atoms with Crippen molar-refractivity contribution in [3.8, 4) is 0 Å². The predicted octanol–water partition coefficient (Wildman–Crippen LogP) is 2.22. The molecule has 0 spiro atoms. The fourth-order valence-electron chi connectivity index (χ4n) is 3.52. The van der Waals surface area contributed by atoms with Gasteiger partial charge in [-0.1, -0.05) is 18.2 Å². The maximum Gasteiger partial charge on any atom is 0.138 e. The first-order valence-electron chi connectivity index (χ1n) is 9.05. The Kier molecular flexibility index (Phi) is 4.81. The molecule has 4 rings (SSSR count). The zero-order valence-corrected chi connectivity index (χ0v) is 14.7. The fourth-order valence-corrected chi connectivity index (χ4v) is 3.52. The van der Waals surface area contributed by atoms with Crippen LogP contribution in [0.1, 0.15) is 11.4 Å². The lowest BCUT2D eigenvalue weighted by molar-refractivity contribution is 0.0398. The Labute approximate surface area is 148 Å². The number of anilines is 3. The smallest absolute Gasteiger partial charge is 0.138 e. The van der Waals surface area contributed by atoms with Gasteiger partial charge in [-0.25, -0.2) is 9.97 Å². The summed E-state index contributed by atoms with van der Waals surface area (Å²) < 4.78 is 5.39. The highest BCUT2D eigenvalue weighted by molar-refractivity contribution is 5.68. The second-order valence-electron chi connectivity index (χ2n) is 6.57. The first-order chi connectivity index (χ1) is 12.3. The average molecular weight is 339 g/mol. The van der Waals surface area contributed by atoms with E-state index in [0.717, 1.165) is 69.8 Å². The minimum Gasteiger partial charge on any atom is -0.379 e. The van der Waals surface area contributed by atoms with Crippen LogP contribution < -0.4 is 10.2 Å². The van der Waals surface area contributed by atoms with Crippen LogP contribution in [0.25, 0.3) is 0 Å². The zero-order chi connectivity index (χ0) is 17.1. The third kappa shape index (κ3) is 3.75. The summed E-state index contributed by atoms with van der Waals surface area (Å²) in [4.78, 5) is 13.9. The van der Waals surface area contributed by atoms with Crippen LogP contribution >= 0.6 is 0 Å². The topological polar surface area (TPSA) is 53.5 Å². The van der Waals surface area contributed by atoms with E-state index in [1.54, 1.807) is 0 Å². The van der Waals surface area contributed by atoms with Crippen molar-refractivity contribution in [2.75, 3.05) is 56.2 Å². The number of ether oxygens (including phenoxy) is 1. The monoisotopic (exact) mass is 339 g/mol. The van der Waals surface area contributed by atoms with Crippen LogP contribution in [0.4, 0.5) is 17.3 Å². The normalized spacial score (nSPS) is 17.6. The molecule has 0 aliphatic carbocycles. The molecular formula is C19H25N5O. The van der Waals surface area contributed by atoms with E-state index in [0.29, 0.717) is 0 Å². The molecule has 0 unspecified atom stereocenters. The van der Waals surface area contributed by atoms with Gasteiger partial charge in [0.1, 0.15) is 17.5 Å². The average Bonchev–Trinajstić information content (AvgIpc) is 3.06. The van der Waals surface area contributed by atoms with E-state index in [2.05, 4.69) is 55.4 Å². The van der Waals surface area contributed by atoms with Crippen molar-refractivity contribution in [3.63, 3.8) is 0 Å². The van der Waals surface area contributed by atoms with E-state index in [4.69, 9.17) is 4.74 Å². The quantitative estimate of drug-likeness (QED) is 0.901. The second kappa shape index (κ2) is 7.37. The zero-order valence-electron chi connectivity index (χ0n) is 14.7. The first-order valence-corrected chi connectivity index (χ1v) is 9.05. The predicted molar refractivity (Wildman–Crippen MR) is 99.7 cm³/mol. The maximum absolute atomic E-state index is 5.39. The summed E-state index contributed by atoms with van der Waals surface area (Å²) in [6.07, 6.45) is 1.07. The molecule has 1 aromatic carbocycles. The van der Waals surface area contributed by atoms with Crippen LogP contribution in [-0.2, 0) is 11.2 Å². The van der Waals surface area contributed by atoms with Crippen molar-refractivity contribution < 1.29 is 4.74 Å². The van der Waals surface area contributed by atoms with E-state index in [1.807, 2.05) is 6.92 Å². The summed E-state index contributed by atoms with van der Waals surface area (Å²) in [5.41, 5.74) is 2.65. The van der Waals surface area contributed by atoms with Crippen LogP contribution in [0.3, 0.4) is 0 Å². The number of fused-ring (bicyclic) bond motifs is 1. The lowest BCUT2D eigenvalue weighted by Crippen LogP contribution is -2.39. The standard InChI is InChI=1S/C19H25N5O/c1-15-21-18(20-7-9-23-10-12-25-13-11-23)14-19(22-15)24-8-6-16-4-2-3-5-17(16)24/h2-5,14H,6-13H2,1H3,(H,20,21,22). The van der Waals surface area contributed by atoms with Crippen LogP contribution in [0, 0.1) is 6.92 Å². The second-order valence-corrected chi connectivity index (χ2v) is 6.57. The van der Waals surface area contributed by atoms with Crippen molar-refractivity contribution >= 4 is 17.3 Å². The molecule has 132 valence electrons. The third-order valence-corrected chi connectivity index (χ3v) is 4.83. The highest BCUT2D eigenvalue weighted by Gasteiger charge is 2.21.